The molecular weight excluding hydrogens is 378 g/mol. The smallest absolute Gasteiger partial charge is 0.344 e. The third-order valence-electron chi connectivity index (χ3n) is 2.48. The molecule has 1 aromatic rings. The normalized spacial score (nSPS) is 9.18. The Morgan fingerprint density at radius 3 is 1.47 bits per heavy atom. The molecule has 0 radical (unpaired) electrons. The van der Waals surface area contributed by atoms with Gasteiger partial charge in [-0.05, 0) is 7.05 Å². The van der Waals surface area contributed by atoms with Crippen molar-refractivity contribution in [2.45, 2.75) is 47.1 Å². The van der Waals surface area contributed by atoms with E-state index in [0.29, 0.717) is 0 Å². The molecule has 98 valence electrons. The first-order valence-electron chi connectivity index (χ1n) is 5.91. The number of benzene rings is 1. The monoisotopic (exact) mass is 405 g/mol. The van der Waals surface area contributed by atoms with Crippen molar-refractivity contribution in [2.24, 2.45) is 0 Å². The molecule has 1 rings (SSSR count). The van der Waals surface area contributed by atoms with Crippen molar-refractivity contribution in [2.75, 3.05) is 7.05 Å². The third kappa shape index (κ3) is 13.8. The summed E-state index contributed by atoms with van der Waals surface area (Å²) in [6.45, 7) is 12.6. The Morgan fingerprint density at radius 2 is 1.41 bits per heavy atom. The van der Waals surface area contributed by atoms with Crippen LogP contribution in [0, 0.1) is 12.0 Å². The van der Waals surface area contributed by atoms with Gasteiger partial charge in [0.15, 0.2) is 0 Å². The van der Waals surface area contributed by atoms with Crippen LogP contribution in [0.25, 0.3) is 0 Å². The van der Waals surface area contributed by atoms with Crippen LogP contribution in [0.5, 0.6) is 0 Å². The van der Waals surface area contributed by atoms with Crippen molar-refractivity contribution < 1.29 is 21.1 Å². The number of rotatable bonds is 2. The molecule has 0 spiro atoms. The second-order valence-electron chi connectivity index (χ2n) is 3.95. The number of nitrogens with one attached hydrogen (secondary N) is 1. The summed E-state index contributed by atoms with van der Waals surface area (Å²) in [5.74, 6) is 1.42. The molecule has 17 heavy (non-hydrogen) atoms. The van der Waals surface area contributed by atoms with Gasteiger partial charge >= 0.3 is 21.1 Å². The van der Waals surface area contributed by atoms with Crippen LogP contribution < -0.4 is 5.32 Å². The molecule has 0 aliphatic carbocycles. The van der Waals surface area contributed by atoms with Crippen molar-refractivity contribution in [3.05, 3.63) is 42.3 Å². The van der Waals surface area contributed by atoms with Crippen LogP contribution >= 0.6 is 0 Å². The fourth-order valence-corrected chi connectivity index (χ4v) is 0.592. The van der Waals surface area contributed by atoms with Gasteiger partial charge in [0.2, 0.25) is 0 Å². The summed E-state index contributed by atoms with van der Waals surface area (Å²) in [5.41, 5.74) is 0.208. The minimum absolute atomic E-state index is 0. The summed E-state index contributed by atoms with van der Waals surface area (Å²) in [7, 11) is 1.98. The molecule has 0 aliphatic rings. The van der Waals surface area contributed by atoms with Crippen LogP contribution in [0.3, 0.4) is 0 Å². The Balaban J connectivity index is -0.000000195. The molecule has 0 fully saturated rings. The summed E-state index contributed by atoms with van der Waals surface area (Å²) in [6.07, 6.45) is 0. The van der Waals surface area contributed by atoms with E-state index in [9.17, 15) is 0 Å². The number of hydrogen-bond donors (Lipinski definition) is 1. The van der Waals surface area contributed by atoms with Gasteiger partial charge in [-0.25, -0.2) is 0 Å². The van der Waals surface area contributed by atoms with E-state index in [1.54, 1.807) is 0 Å². The summed E-state index contributed by atoms with van der Waals surface area (Å²) >= 11 is 0. The molecule has 1 nitrogen and oxygen atoms in total. The van der Waals surface area contributed by atoms with Crippen molar-refractivity contribution in [3.8, 4) is 0 Å². The van der Waals surface area contributed by atoms with E-state index < -0.39 is 0 Å². The van der Waals surface area contributed by atoms with Gasteiger partial charge in [-0.2, -0.15) is 50.2 Å². The molecule has 0 saturated carbocycles. The molecule has 0 heterocycles. The Bertz CT molecular complexity index is 193. The predicted molar refractivity (Wildman–Crippen MR) is 74.4 cm³/mol. The third-order valence-corrected chi connectivity index (χ3v) is 2.48. The maximum absolute atomic E-state index is 3.20. The Labute approximate surface area is 123 Å². The molecule has 0 unspecified atom stereocenters. The first-order valence-corrected chi connectivity index (χ1v) is 5.91. The molecule has 0 amide bonds. The number of hydrogen-bond acceptors (Lipinski definition) is 1. The molecule has 0 saturated heterocycles. The molecule has 1 N–H and O–H groups in total. The Hall–Kier alpha value is -0.132. The maximum atomic E-state index is 3.20. The van der Waals surface area contributed by atoms with E-state index in [0.717, 1.165) is 0 Å². The summed E-state index contributed by atoms with van der Waals surface area (Å²) < 4.78 is 0. The molecular formula is C15H27NW. The first-order chi connectivity index (χ1) is 7.50. The largest absolute Gasteiger partial charge is 2.00 e. The first kappa shape index (κ1) is 22.1. The van der Waals surface area contributed by atoms with Gasteiger partial charge in [0.25, 0.3) is 0 Å². The quantitative estimate of drug-likeness (QED) is 0.731. The zero-order valence-corrected chi connectivity index (χ0v) is 15.2. The summed E-state index contributed by atoms with van der Waals surface area (Å²) in [5, 5.41) is 3.20. The van der Waals surface area contributed by atoms with Crippen LogP contribution in [-0.4, -0.2) is 12.6 Å². The van der Waals surface area contributed by atoms with Crippen LogP contribution in [0.4, 0.5) is 0 Å². The SMILES string of the molecule is CC.CNC(C)(C)[C-](C)C.[W+2].[c-]1ccccc1. The van der Waals surface area contributed by atoms with E-state index in [4.69, 9.17) is 0 Å². The fourth-order valence-electron chi connectivity index (χ4n) is 0.592. The van der Waals surface area contributed by atoms with E-state index in [1.165, 1.54) is 5.92 Å². The van der Waals surface area contributed by atoms with E-state index in [1.807, 2.05) is 51.2 Å². The molecule has 0 aliphatic heterocycles. The van der Waals surface area contributed by atoms with Crippen LogP contribution in [0.15, 0.2) is 30.3 Å². The Kier molecular flexibility index (Phi) is 18.1. The van der Waals surface area contributed by atoms with E-state index >= 15 is 0 Å². The van der Waals surface area contributed by atoms with Gasteiger partial charge in [0.1, 0.15) is 0 Å². The molecule has 0 atom stereocenters. The zero-order chi connectivity index (χ0) is 13.0. The Morgan fingerprint density at radius 1 is 1.00 bits per heavy atom. The van der Waals surface area contributed by atoms with Crippen molar-refractivity contribution >= 4 is 0 Å². The van der Waals surface area contributed by atoms with E-state index in [-0.39, 0.29) is 26.6 Å². The van der Waals surface area contributed by atoms with Gasteiger partial charge in [0, 0.05) is 0 Å². The zero-order valence-electron chi connectivity index (χ0n) is 12.3. The van der Waals surface area contributed by atoms with Gasteiger partial charge in [0.05, 0.1) is 0 Å². The fraction of sp³-hybridized carbons (Fsp3) is 0.533. The molecule has 1 aromatic carbocycles. The van der Waals surface area contributed by atoms with Crippen molar-refractivity contribution in [1.82, 2.24) is 5.32 Å². The minimum Gasteiger partial charge on any atom is -0.344 e. The standard InChI is InChI=1S/C7H16N.C6H5.C2H6.W/c1-6(2)7(3,4)8-5;1-2-4-6-5-3-1;1-2;/h8H,1-5H3;1-5H;1-2H3;/q2*-1;;+2. The second-order valence-corrected chi connectivity index (χ2v) is 3.95. The van der Waals surface area contributed by atoms with Crippen LogP contribution in [0.2, 0.25) is 0 Å². The molecule has 0 aromatic heterocycles. The summed E-state index contributed by atoms with van der Waals surface area (Å²) in [4.78, 5) is 0. The van der Waals surface area contributed by atoms with Gasteiger partial charge in [-0.3, -0.25) is 0 Å². The minimum atomic E-state index is 0. The van der Waals surface area contributed by atoms with E-state index in [2.05, 4.69) is 39.1 Å². The maximum Gasteiger partial charge on any atom is 2.00 e. The van der Waals surface area contributed by atoms with Crippen LogP contribution in [0.1, 0.15) is 41.5 Å². The van der Waals surface area contributed by atoms with Gasteiger partial charge < -0.3 is 11.2 Å². The average Bonchev–Trinajstić information content (AvgIpc) is 2.34. The summed E-state index contributed by atoms with van der Waals surface area (Å²) in [6, 6.07) is 12.5. The van der Waals surface area contributed by atoms with Crippen LogP contribution in [-0.2, 0) is 21.1 Å². The predicted octanol–water partition coefficient (Wildman–Crippen LogP) is 4.11. The second kappa shape index (κ2) is 13.9. The van der Waals surface area contributed by atoms with Crippen molar-refractivity contribution in [1.29, 1.82) is 0 Å². The topological polar surface area (TPSA) is 12.0 Å². The molecule has 0 bridgehead atoms. The molecule has 2 heteroatoms. The van der Waals surface area contributed by atoms with Gasteiger partial charge in [-0.15, -0.1) is 5.54 Å². The van der Waals surface area contributed by atoms with Gasteiger partial charge in [-0.1, -0.05) is 27.7 Å². The van der Waals surface area contributed by atoms with Crippen molar-refractivity contribution in [3.63, 3.8) is 0 Å². The average molecular weight is 405 g/mol.